The van der Waals surface area contributed by atoms with Crippen molar-refractivity contribution in [2.75, 3.05) is 45.3 Å². The lowest BCUT2D eigenvalue weighted by molar-refractivity contribution is -0.132. The number of rotatable bonds is 5. The molecule has 0 N–H and O–H groups in total. The van der Waals surface area contributed by atoms with E-state index in [0.29, 0.717) is 12.3 Å². The van der Waals surface area contributed by atoms with Crippen molar-refractivity contribution in [1.82, 2.24) is 4.90 Å². The van der Waals surface area contributed by atoms with Gasteiger partial charge < -0.3 is 19.3 Å². The van der Waals surface area contributed by atoms with Crippen LogP contribution in [0.15, 0.2) is 18.2 Å². The molecule has 0 unspecified atom stereocenters. The molecule has 1 aliphatic rings. The van der Waals surface area contributed by atoms with Crippen LogP contribution < -0.4 is 14.4 Å². The second-order valence-electron chi connectivity index (χ2n) is 6.00. The fourth-order valence-electron chi connectivity index (χ4n) is 2.72. The van der Waals surface area contributed by atoms with Crippen molar-refractivity contribution in [3.05, 3.63) is 18.2 Å². The van der Waals surface area contributed by atoms with Gasteiger partial charge in [-0.25, -0.2) is 0 Å². The molecule has 122 valence electrons. The molecule has 5 heteroatoms. The van der Waals surface area contributed by atoms with Gasteiger partial charge in [0.25, 0.3) is 0 Å². The summed E-state index contributed by atoms with van der Waals surface area (Å²) in [5.41, 5.74) is 1.05. The molecule has 1 aromatic rings. The van der Waals surface area contributed by atoms with Crippen LogP contribution in [-0.4, -0.2) is 51.2 Å². The minimum absolute atomic E-state index is 0.261. The molecule has 0 spiro atoms. The molecule has 0 saturated carbocycles. The van der Waals surface area contributed by atoms with Crippen LogP contribution in [0, 0.1) is 5.92 Å². The summed E-state index contributed by atoms with van der Waals surface area (Å²) >= 11 is 0. The summed E-state index contributed by atoms with van der Waals surface area (Å²) in [6.45, 7) is 7.34. The number of nitrogens with zero attached hydrogens (tertiary/aromatic N) is 2. The van der Waals surface area contributed by atoms with Gasteiger partial charge in [0.1, 0.15) is 11.5 Å². The number of ether oxygens (including phenoxy) is 2. The van der Waals surface area contributed by atoms with Crippen molar-refractivity contribution in [3.8, 4) is 11.5 Å². The van der Waals surface area contributed by atoms with Gasteiger partial charge in [0.15, 0.2) is 0 Å². The van der Waals surface area contributed by atoms with Crippen LogP contribution in [0.2, 0.25) is 0 Å². The summed E-state index contributed by atoms with van der Waals surface area (Å²) in [5.74, 6) is 2.26. The third-order valence-electron chi connectivity index (χ3n) is 3.94. The molecule has 1 amide bonds. The number of carbonyl (C=O) groups excluding carboxylic acids is 1. The van der Waals surface area contributed by atoms with Crippen molar-refractivity contribution < 1.29 is 14.3 Å². The number of hydrogen-bond acceptors (Lipinski definition) is 4. The average Bonchev–Trinajstić information content (AvgIpc) is 2.53. The standard InChI is InChI=1S/C17H26N2O3/c1-13(2)11-17(20)19-9-7-18(8-10-19)15-6-5-14(21-3)12-16(15)22-4/h5-6,12-13H,7-11H2,1-4H3. The molecular formula is C17H26N2O3. The van der Waals surface area contributed by atoms with Crippen molar-refractivity contribution in [2.45, 2.75) is 20.3 Å². The molecule has 0 aromatic heterocycles. The predicted octanol–water partition coefficient (Wildman–Crippen LogP) is 2.40. The monoisotopic (exact) mass is 306 g/mol. The van der Waals surface area contributed by atoms with Crippen molar-refractivity contribution >= 4 is 11.6 Å². The third-order valence-corrected chi connectivity index (χ3v) is 3.94. The second kappa shape index (κ2) is 7.38. The molecule has 2 rings (SSSR count). The first-order chi connectivity index (χ1) is 10.5. The number of benzene rings is 1. The summed E-state index contributed by atoms with van der Waals surface area (Å²) in [6, 6.07) is 5.85. The number of piperazine rings is 1. The largest absolute Gasteiger partial charge is 0.497 e. The number of hydrogen-bond donors (Lipinski definition) is 0. The minimum atomic E-state index is 0.261. The highest BCUT2D eigenvalue weighted by Gasteiger charge is 2.23. The van der Waals surface area contributed by atoms with Crippen LogP contribution in [0.5, 0.6) is 11.5 Å². The Labute approximate surface area is 132 Å². The SMILES string of the molecule is COc1ccc(N2CCN(C(=O)CC(C)C)CC2)c(OC)c1. The van der Waals surface area contributed by atoms with Crippen LogP contribution in [0.25, 0.3) is 0 Å². The molecule has 0 radical (unpaired) electrons. The minimum Gasteiger partial charge on any atom is -0.497 e. The molecule has 22 heavy (non-hydrogen) atoms. The zero-order chi connectivity index (χ0) is 16.1. The van der Waals surface area contributed by atoms with Crippen LogP contribution in [-0.2, 0) is 4.79 Å². The molecule has 1 aromatic carbocycles. The lowest BCUT2D eigenvalue weighted by Crippen LogP contribution is -2.49. The highest BCUT2D eigenvalue weighted by atomic mass is 16.5. The molecule has 1 fully saturated rings. The lowest BCUT2D eigenvalue weighted by atomic mass is 10.1. The van der Waals surface area contributed by atoms with E-state index in [1.165, 1.54) is 0 Å². The van der Waals surface area contributed by atoms with Crippen molar-refractivity contribution in [1.29, 1.82) is 0 Å². The highest BCUT2D eigenvalue weighted by molar-refractivity contribution is 5.76. The predicted molar refractivity (Wildman–Crippen MR) is 87.8 cm³/mol. The van der Waals surface area contributed by atoms with Gasteiger partial charge >= 0.3 is 0 Å². The Morgan fingerprint density at radius 3 is 2.36 bits per heavy atom. The molecule has 0 atom stereocenters. The Morgan fingerprint density at radius 1 is 1.14 bits per heavy atom. The van der Waals surface area contributed by atoms with Gasteiger partial charge in [-0.15, -0.1) is 0 Å². The van der Waals surface area contributed by atoms with Gasteiger partial charge in [-0.2, -0.15) is 0 Å². The van der Waals surface area contributed by atoms with Gasteiger partial charge in [-0.1, -0.05) is 13.8 Å². The number of methoxy groups -OCH3 is 2. The Hall–Kier alpha value is -1.91. The summed E-state index contributed by atoms with van der Waals surface area (Å²) in [7, 11) is 3.31. The fraction of sp³-hybridized carbons (Fsp3) is 0.588. The summed E-state index contributed by atoms with van der Waals surface area (Å²) in [6.07, 6.45) is 0.631. The van der Waals surface area contributed by atoms with Gasteiger partial charge in [0.2, 0.25) is 5.91 Å². The van der Waals surface area contributed by atoms with Crippen molar-refractivity contribution in [2.24, 2.45) is 5.92 Å². The first kappa shape index (κ1) is 16.5. The maximum Gasteiger partial charge on any atom is 0.222 e. The lowest BCUT2D eigenvalue weighted by Gasteiger charge is -2.37. The quantitative estimate of drug-likeness (QED) is 0.838. The first-order valence-electron chi connectivity index (χ1n) is 7.80. The van der Waals surface area contributed by atoms with E-state index in [9.17, 15) is 4.79 Å². The van der Waals surface area contributed by atoms with E-state index in [1.807, 2.05) is 23.1 Å². The summed E-state index contributed by atoms with van der Waals surface area (Å²) in [5, 5.41) is 0. The molecular weight excluding hydrogens is 280 g/mol. The Morgan fingerprint density at radius 2 is 1.82 bits per heavy atom. The van der Waals surface area contributed by atoms with Crippen LogP contribution in [0.3, 0.4) is 0 Å². The Balaban J connectivity index is 2.01. The van der Waals surface area contributed by atoms with E-state index in [0.717, 1.165) is 43.4 Å². The number of amides is 1. The average molecular weight is 306 g/mol. The van der Waals surface area contributed by atoms with Gasteiger partial charge in [0.05, 0.1) is 19.9 Å². The van der Waals surface area contributed by atoms with E-state index < -0.39 is 0 Å². The fourth-order valence-corrected chi connectivity index (χ4v) is 2.72. The van der Waals surface area contributed by atoms with Crippen LogP contribution in [0.4, 0.5) is 5.69 Å². The Kier molecular flexibility index (Phi) is 5.52. The third kappa shape index (κ3) is 3.84. The zero-order valence-corrected chi connectivity index (χ0v) is 14.0. The second-order valence-corrected chi connectivity index (χ2v) is 6.00. The van der Waals surface area contributed by atoms with E-state index >= 15 is 0 Å². The normalized spacial score (nSPS) is 15.1. The maximum absolute atomic E-state index is 12.1. The zero-order valence-electron chi connectivity index (χ0n) is 14.0. The van der Waals surface area contributed by atoms with E-state index in [2.05, 4.69) is 18.7 Å². The summed E-state index contributed by atoms with van der Waals surface area (Å²) in [4.78, 5) is 16.4. The highest BCUT2D eigenvalue weighted by Crippen LogP contribution is 2.32. The smallest absolute Gasteiger partial charge is 0.222 e. The van der Waals surface area contributed by atoms with Crippen molar-refractivity contribution in [3.63, 3.8) is 0 Å². The molecule has 5 nitrogen and oxygen atoms in total. The van der Waals surface area contributed by atoms with Gasteiger partial charge in [-0.05, 0) is 18.1 Å². The topological polar surface area (TPSA) is 42.0 Å². The summed E-state index contributed by atoms with van der Waals surface area (Å²) < 4.78 is 10.7. The van der Waals surface area contributed by atoms with Crippen LogP contribution >= 0.6 is 0 Å². The first-order valence-corrected chi connectivity index (χ1v) is 7.80. The van der Waals surface area contributed by atoms with E-state index in [1.54, 1.807) is 14.2 Å². The number of carbonyl (C=O) groups is 1. The maximum atomic E-state index is 12.1. The van der Waals surface area contributed by atoms with Gasteiger partial charge in [0, 0.05) is 38.7 Å². The van der Waals surface area contributed by atoms with E-state index in [4.69, 9.17) is 9.47 Å². The Bertz CT molecular complexity index is 509. The number of anilines is 1. The van der Waals surface area contributed by atoms with Gasteiger partial charge in [-0.3, -0.25) is 4.79 Å². The van der Waals surface area contributed by atoms with E-state index in [-0.39, 0.29) is 5.91 Å². The molecule has 0 aliphatic carbocycles. The van der Waals surface area contributed by atoms with Crippen LogP contribution in [0.1, 0.15) is 20.3 Å². The molecule has 1 aliphatic heterocycles. The molecule has 1 heterocycles. The molecule has 1 saturated heterocycles. The molecule has 0 bridgehead atoms.